The van der Waals surface area contributed by atoms with Gasteiger partial charge in [-0.25, -0.2) is 13.4 Å². The summed E-state index contributed by atoms with van der Waals surface area (Å²) in [6, 6.07) is 2.31. The van der Waals surface area contributed by atoms with E-state index in [1.807, 2.05) is 0 Å². The molecule has 10 heteroatoms. The van der Waals surface area contributed by atoms with E-state index in [4.69, 9.17) is 0 Å². The first-order valence-corrected chi connectivity index (χ1v) is 11.9. The van der Waals surface area contributed by atoms with Crippen LogP contribution >= 0.6 is 0 Å². The van der Waals surface area contributed by atoms with Crippen LogP contribution in [-0.4, -0.2) is 60.8 Å². The zero-order chi connectivity index (χ0) is 21.9. The Balaban J connectivity index is 1.42. The third-order valence-corrected chi connectivity index (χ3v) is 9.89. The highest BCUT2D eigenvalue weighted by molar-refractivity contribution is 7.89. The number of alkyl halides is 3. The minimum Gasteiger partial charge on any atom is -0.392 e. The Labute approximate surface area is 175 Å². The zero-order valence-corrected chi connectivity index (χ0v) is 18.0. The summed E-state index contributed by atoms with van der Waals surface area (Å²) in [4.78, 5) is 5.70. The molecule has 0 amide bonds. The van der Waals surface area contributed by atoms with E-state index in [2.05, 4.69) is 18.8 Å². The normalized spacial score (nSPS) is 32.0. The predicted molar refractivity (Wildman–Crippen MR) is 106 cm³/mol. The van der Waals surface area contributed by atoms with Crippen molar-refractivity contribution in [1.82, 2.24) is 9.29 Å². The number of piperazine rings is 1. The molecule has 168 valence electrons. The van der Waals surface area contributed by atoms with Crippen molar-refractivity contribution in [2.45, 2.75) is 45.4 Å². The van der Waals surface area contributed by atoms with Crippen molar-refractivity contribution in [3.8, 4) is 0 Å². The molecule has 1 unspecified atom stereocenters. The SMILES string of the molecule is CC1(C)[C@@H]2CC[C@]1(CS(=O)(=O)N1CCN(c3ccc(C(F)(F)F)cn3)CC1)C(O)C2. The lowest BCUT2D eigenvalue weighted by Gasteiger charge is -2.42. The highest BCUT2D eigenvalue weighted by atomic mass is 32.2. The van der Waals surface area contributed by atoms with Gasteiger partial charge in [-0.3, -0.25) is 0 Å². The van der Waals surface area contributed by atoms with Crippen LogP contribution in [0.4, 0.5) is 19.0 Å². The van der Waals surface area contributed by atoms with E-state index in [-0.39, 0.29) is 24.3 Å². The maximum atomic E-state index is 13.2. The van der Waals surface area contributed by atoms with E-state index in [9.17, 15) is 26.7 Å². The van der Waals surface area contributed by atoms with Gasteiger partial charge in [0.05, 0.1) is 17.4 Å². The van der Waals surface area contributed by atoms with Crippen LogP contribution in [-0.2, 0) is 16.2 Å². The Hall–Kier alpha value is -1.39. The summed E-state index contributed by atoms with van der Waals surface area (Å²) < 4.78 is 66.0. The minimum atomic E-state index is -4.43. The monoisotopic (exact) mass is 447 g/mol. The van der Waals surface area contributed by atoms with Gasteiger partial charge in [-0.15, -0.1) is 0 Å². The van der Waals surface area contributed by atoms with Crippen LogP contribution in [0.3, 0.4) is 0 Å². The molecule has 1 aromatic rings. The summed E-state index contributed by atoms with van der Waals surface area (Å²) in [5.74, 6) is 0.707. The van der Waals surface area contributed by atoms with Crippen molar-refractivity contribution in [3.63, 3.8) is 0 Å². The molecule has 4 rings (SSSR count). The molecule has 1 aromatic heterocycles. The van der Waals surface area contributed by atoms with Crippen molar-refractivity contribution in [2.24, 2.45) is 16.7 Å². The standard InChI is InChI=1S/C20H28F3N3O3S/c1-18(2)14-5-6-19(18,16(27)11-14)13-30(28,29)26-9-7-25(8-10-26)17-4-3-15(12-24-17)20(21,22)23/h3-4,12,14,16,27H,5-11,13H2,1-2H3/t14-,16?,19+/m1/s1. The van der Waals surface area contributed by atoms with Gasteiger partial charge in [0.25, 0.3) is 0 Å². The van der Waals surface area contributed by atoms with Gasteiger partial charge >= 0.3 is 6.18 Å². The van der Waals surface area contributed by atoms with E-state index in [0.717, 1.165) is 25.1 Å². The first-order valence-electron chi connectivity index (χ1n) is 10.3. The van der Waals surface area contributed by atoms with Crippen molar-refractivity contribution in [2.75, 3.05) is 36.8 Å². The number of sulfonamides is 1. The molecule has 3 atom stereocenters. The number of fused-ring (bicyclic) bond motifs is 2. The lowest BCUT2D eigenvalue weighted by atomic mass is 9.70. The summed E-state index contributed by atoms with van der Waals surface area (Å²) in [5.41, 5.74) is -1.63. The van der Waals surface area contributed by atoms with E-state index in [0.29, 0.717) is 31.2 Å². The number of rotatable bonds is 4. The topological polar surface area (TPSA) is 73.7 Å². The van der Waals surface area contributed by atoms with Crippen LogP contribution in [0.25, 0.3) is 0 Å². The Morgan fingerprint density at radius 1 is 1.20 bits per heavy atom. The average molecular weight is 448 g/mol. The van der Waals surface area contributed by atoms with Crippen molar-refractivity contribution < 1.29 is 26.7 Å². The predicted octanol–water partition coefficient (Wildman–Crippen LogP) is 2.74. The minimum absolute atomic E-state index is 0.0524. The lowest BCUT2D eigenvalue weighted by molar-refractivity contribution is -0.137. The molecule has 2 bridgehead atoms. The number of anilines is 1. The first-order chi connectivity index (χ1) is 13.9. The highest BCUT2D eigenvalue weighted by Crippen LogP contribution is 2.66. The number of hydrogen-bond acceptors (Lipinski definition) is 5. The lowest BCUT2D eigenvalue weighted by Crippen LogP contribution is -2.53. The number of aliphatic hydroxyl groups excluding tert-OH is 1. The van der Waals surface area contributed by atoms with Crippen LogP contribution in [0.5, 0.6) is 0 Å². The molecular formula is C20H28F3N3O3S. The summed E-state index contributed by atoms with van der Waals surface area (Å²) in [5, 5.41) is 10.7. The fourth-order valence-electron chi connectivity index (χ4n) is 5.73. The molecule has 2 heterocycles. The Morgan fingerprint density at radius 3 is 2.33 bits per heavy atom. The number of nitrogens with zero attached hydrogens (tertiary/aromatic N) is 3. The number of aliphatic hydroxyl groups is 1. The van der Waals surface area contributed by atoms with Gasteiger partial charge in [0, 0.05) is 37.8 Å². The largest absolute Gasteiger partial charge is 0.417 e. The van der Waals surface area contributed by atoms with Crippen LogP contribution in [0.15, 0.2) is 18.3 Å². The average Bonchev–Trinajstić information content (AvgIpc) is 3.01. The summed E-state index contributed by atoms with van der Waals surface area (Å²) in [7, 11) is -3.57. The molecule has 3 aliphatic rings. The molecule has 2 aliphatic carbocycles. The second kappa shape index (κ2) is 7.06. The summed E-state index contributed by atoms with van der Waals surface area (Å²) >= 11 is 0. The third kappa shape index (κ3) is 3.40. The maximum absolute atomic E-state index is 13.2. The molecule has 0 spiro atoms. The molecule has 6 nitrogen and oxygen atoms in total. The van der Waals surface area contributed by atoms with Gasteiger partial charge < -0.3 is 10.0 Å². The van der Waals surface area contributed by atoms with Crippen LogP contribution in [0.1, 0.15) is 38.7 Å². The van der Waals surface area contributed by atoms with Gasteiger partial charge in [0.2, 0.25) is 10.0 Å². The van der Waals surface area contributed by atoms with Gasteiger partial charge in [0.15, 0.2) is 0 Å². The molecule has 30 heavy (non-hydrogen) atoms. The van der Waals surface area contributed by atoms with Gasteiger partial charge in [-0.2, -0.15) is 17.5 Å². The second-order valence-electron chi connectivity index (χ2n) is 9.41. The maximum Gasteiger partial charge on any atom is 0.417 e. The summed E-state index contributed by atoms with van der Waals surface area (Å²) in [6.07, 6.45) is -1.89. The quantitative estimate of drug-likeness (QED) is 0.769. The Bertz CT molecular complexity index is 896. The summed E-state index contributed by atoms with van der Waals surface area (Å²) in [6.45, 7) is 5.37. The highest BCUT2D eigenvalue weighted by Gasteiger charge is 2.65. The van der Waals surface area contributed by atoms with E-state index >= 15 is 0 Å². The molecule has 2 saturated carbocycles. The Kier molecular flexibility index (Phi) is 5.14. The van der Waals surface area contributed by atoms with E-state index in [1.165, 1.54) is 10.4 Å². The number of aromatic nitrogens is 1. The number of pyridine rings is 1. The fraction of sp³-hybridized carbons (Fsp3) is 0.750. The fourth-order valence-corrected chi connectivity index (χ4v) is 7.99. The molecule has 0 aromatic carbocycles. The molecule has 1 saturated heterocycles. The molecule has 1 aliphatic heterocycles. The Morgan fingerprint density at radius 2 is 1.87 bits per heavy atom. The smallest absolute Gasteiger partial charge is 0.392 e. The number of hydrogen-bond donors (Lipinski definition) is 1. The van der Waals surface area contributed by atoms with Gasteiger partial charge in [0.1, 0.15) is 5.82 Å². The van der Waals surface area contributed by atoms with Crippen molar-refractivity contribution >= 4 is 15.8 Å². The van der Waals surface area contributed by atoms with Crippen molar-refractivity contribution in [1.29, 1.82) is 0 Å². The second-order valence-corrected chi connectivity index (χ2v) is 11.4. The van der Waals surface area contributed by atoms with E-state index in [1.54, 1.807) is 4.90 Å². The van der Waals surface area contributed by atoms with Crippen LogP contribution < -0.4 is 4.90 Å². The molecular weight excluding hydrogens is 419 g/mol. The van der Waals surface area contributed by atoms with Gasteiger partial charge in [-0.1, -0.05) is 13.8 Å². The molecule has 1 N–H and O–H groups in total. The molecule has 0 radical (unpaired) electrons. The van der Waals surface area contributed by atoms with Crippen LogP contribution in [0, 0.1) is 16.7 Å². The first kappa shape index (κ1) is 21.8. The van der Waals surface area contributed by atoms with Crippen LogP contribution in [0.2, 0.25) is 0 Å². The molecule has 3 fully saturated rings. The van der Waals surface area contributed by atoms with Crippen molar-refractivity contribution in [3.05, 3.63) is 23.9 Å². The van der Waals surface area contributed by atoms with E-state index < -0.39 is 33.3 Å². The van der Waals surface area contributed by atoms with Gasteiger partial charge in [-0.05, 0) is 42.7 Å². The zero-order valence-electron chi connectivity index (χ0n) is 17.2. The third-order valence-electron chi connectivity index (χ3n) is 7.86. The number of halogens is 3.